The fraction of sp³-hybridized carbons (Fsp3) is 0.211. The maximum absolute atomic E-state index is 12.4. The van der Waals surface area contributed by atoms with Crippen molar-refractivity contribution < 1.29 is 4.74 Å². The highest BCUT2D eigenvalue weighted by atomic mass is 16.5. The molecule has 5 heteroatoms. The summed E-state index contributed by atoms with van der Waals surface area (Å²) in [5.41, 5.74) is 1.58. The predicted octanol–water partition coefficient (Wildman–Crippen LogP) is 2.91. The van der Waals surface area contributed by atoms with E-state index in [0.29, 0.717) is 18.4 Å². The van der Waals surface area contributed by atoms with Crippen molar-refractivity contribution >= 4 is 10.8 Å². The Hall–Kier alpha value is -3.13. The molecule has 0 aliphatic carbocycles. The monoisotopic (exact) mass is 319 g/mol. The van der Waals surface area contributed by atoms with Crippen molar-refractivity contribution in [1.82, 2.24) is 9.78 Å². The number of nitriles is 1. The Kier molecular flexibility index (Phi) is 4.57. The lowest BCUT2D eigenvalue weighted by Gasteiger charge is -2.10. The van der Waals surface area contributed by atoms with Gasteiger partial charge in [0, 0.05) is 11.8 Å². The Morgan fingerprint density at radius 1 is 1.17 bits per heavy atom. The molecule has 0 unspecified atom stereocenters. The van der Waals surface area contributed by atoms with Crippen molar-refractivity contribution in [2.45, 2.75) is 19.9 Å². The fourth-order valence-electron chi connectivity index (χ4n) is 2.72. The summed E-state index contributed by atoms with van der Waals surface area (Å²) in [7, 11) is 0. The van der Waals surface area contributed by atoms with Crippen molar-refractivity contribution in [3.63, 3.8) is 0 Å². The Labute approximate surface area is 139 Å². The molecule has 5 nitrogen and oxygen atoms in total. The summed E-state index contributed by atoms with van der Waals surface area (Å²) < 4.78 is 6.76. The van der Waals surface area contributed by atoms with Crippen LogP contribution in [0.3, 0.4) is 0 Å². The standard InChI is InChI=1S/C19H17N3O2/c1-2-24-15-7-5-6-14(12-15)13-18-16-8-3-4-9-17(16)19(23)22(21-18)11-10-20/h3-9,12H,2,11,13H2,1H3. The molecule has 1 heterocycles. The molecule has 0 saturated heterocycles. The van der Waals surface area contributed by atoms with Gasteiger partial charge in [0.15, 0.2) is 0 Å². The van der Waals surface area contributed by atoms with Crippen LogP contribution in [0.5, 0.6) is 5.75 Å². The van der Waals surface area contributed by atoms with E-state index in [0.717, 1.165) is 22.4 Å². The summed E-state index contributed by atoms with van der Waals surface area (Å²) in [6, 6.07) is 17.2. The third-order valence-corrected chi connectivity index (χ3v) is 3.75. The molecule has 0 aliphatic rings. The second-order valence-corrected chi connectivity index (χ2v) is 5.37. The second-order valence-electron chi connectivity index (χ2n) is 5.37. The van der Waals surface area contributed by atoms with Crippen molar-refractivity contribution in [2.75, 3.05) is 6.61 Å². The maximum atomic E-state index is 12.4. The van der Waals surface area contributed by atoms with Gasteiger partial charge in [0.1, 0.15) is 12.3 Å². The van der Waals surface area contributed by atoms with Gasteiger partial charge in [-0.1, -0.05) is 30.3 Å². The zero-order valence-electron chi connectivity index (χ0n) is 13.4. The van der Waals surface area contributed by atoms with Gasteiger partial charge in [0.05, 0.1) is 23.8 Å². The van der Waals surface area contributed by atoms with Gasteiger partial charge in [0.2, 0.25) is 0 Å². The minimum absolute atomic E-state index is 0.0599. The first kappa shape index (κ1) is 15.8. The molecule has 0 fully saturated rings. The van der Waals surface area contributed by atoms with Crippen LogP contribution in [0.15, 0.2) is 53.3 Å². The van der Waals surface area contributed by atoms with E-state index in [2.05, 4.69) is 5.10 Å². The summed E-state index contributed by atoms with van der Waals surface area (Å²) in [6.45, 7) is 2.49. The Morgan fingerprint density at radius 3 is 2.71 bits per heavy atom. The fourth-order valence-corrected chi connectivity index (χ4v) is 2.72. The Morgan fingerprint density at radius 2 is 1.96 bits per heavy atom. The summed E-state index contributed by atoms with van der Waals surface area (Å²) in [4.78, 5) is 12.4. The summed E-state index contributed by atoms with van der Waals surface area (Å²) in [5, 5.41) is 14.7. The quantitative estimate of drug-likeness (QED) is 0.725. The van der Waals surface area contributed by atoms with E-state index < -0.39 is 0 Å². The van der Waals surface area contributed by atoms with Crippen LogP contribution < -0.4 is 10.3 Å². The van der Waals surface area contributed by atoms with Crippen LogP contribution in [-0.4, -0.2) is 16.4 Å². The van der Waals surface area contributed by atoms with Crippen molar-refractivity contribution in [1.29, 1.82) is 5.26 Å². The SMILES string of the molecule is CCOc1cccc(Cc2nn(CC#N)c(=O)c3ccccc23)c1. The van der Waals surface area contributed by atoms with E-state index in [1.165, 1.54) is 4.68 Å². The van der Waals surface area contributed by atoms with Crippen LogP contribution in [0.4, 0.5) is 0 Å². The molecular formula is C19H17N3O2. The molecule has 0 amide bonds. The van der Waals surface area contributed by atoms with E-state index in [-0.39, 0.29) is 12.1 Å². The number of hydrogen-bond donors (Lipinski definition) is 0. The highest BCUT2D eigenvalue weighted by Crippen LogP contribution is 2.20. The predicted molar refractivity (Wildman–Crippen MR) is 92.0 cm³/mol. The third kappa shape index (κ3) is 3.13. The largest absolute Gasteiger partial charge is 0.494 e. The minimum atomic E-state index is -0.237. The average molecular weight is 319 g/mol. The number of benzene rings is 2. The topological polar surface area (TPSA) is 67.9 Å². The molecular weight excluding hydrogens is 302 g/mol. The molecule has 0 bridgehead atoms. The molecule has 3 aromatic rings. The van der Waals surface area contributed by atoms with Gasteiger partial charge < -0.3 is 4.74 Å². The molecule has 120 valence electrons. The molecule has 0 radical (unpaired) electrons. The third-order valence-electron chi connectivity index (χ3n) is 3.75. The van der Waals surface area contributed by atoms with Gasteiger partial charge in [-0.25, -0.2) is 4.68 Å². The highest BCUT2D eigenvalue weighted by Gasteiger charge is 2.11. The zero-order valence-corrected chi connectivity index (χ0v) is 13.4. The van der Waals surface area contributed by atoms with Crippen molar-refractivity contribution in [3.8, 4) is 11.8 Å². The molecule has 2 aromatic carbocycles. The molecule has 1 aromatic heterocycles. The average Bonchev–Trinajstić information content (AvgIpc) is 2.60. The normalized spacial score (nSPS) is 10.5. The zero-order chi connectivity index (χ0) is 16.9. The van der Waals surface area contributed by atoms with Crippen molar-refractivity contribution in [2.24, 2.45) is 0 Å². The van der Waals surface area contributed by atoms with E-state index in [4.69, 9.17) is 10.00 Å². The number of ether oxygens (including phenoxy) is 1. The molecule has 0 N–H and O–H groups in total. The lowest BCUT2D eigenvalue weighted by molar-refractivity contribution is 0.340. The Bertz CT molecular complexity index is 970. The first-order valence-electron chi connectivity index (χ1n) is 7.80. The minimum Gasteiger partial charge on any atom is -0.494 e. The summed E-state index contributed by atoms with van der Waals surface area (Å²) in [6.07, 6.45) is 0.563. The summed E-state index contributed by atoms with van der Waals surface area (Å²) in [5.74, 6) is 0.810. The highest BCUT2D eigenvalue weighted by molar-refractivity contribution is 5.83. The number of hydrogen-bond acceptors (Lipinski definition) is 4. The number of aromatic nitrogens is 2. The van der Waals surface area contributed by atoms with Gasteiger partial charge in [-0.2, -0.15) is 10.4 Å². The van der Waals surface area contributed by atoms with E-state index >= 15 is 0 Å². The van der Waals surface area contributed by atoms with Crippen molar-refractivity contribution in [3.05, 3.63) is 70.1 Å². The van der Waals surface area contributed by atoms with Crippen LogP contribution in [-0.2, 0) is 13.0 Å². The molecule has 24 heavy (non-hydrogen) atoms. The number of rotatable bonds is 5. The molecule has 0 aliphatic heterocycles. The number of nitrogens with zero attached hydrogens (tertiary/aromatic N) is 3. The van der Waals surface area contributed by atoms with E-state index in [9.17, 15) is 4.79 Å². The van der Waals surface area contributed by atoms with Crippen LogP contribution in [0.25, 0.3) is 10.8 Å². The maximum Gasteiger partial charge on any atom is 0.275 e. The second kappa shape index (κ2) is 6.97. The van der Waals surface area contributed by atoms with Gasteiger partial charge in [-0.05, 0) is 30.7 Å². The molecule has 0 spiro atoms. The Balaban J connectivity index is 2.09. The van der Waals surface area contributed by atoms with Gasteiger partial charge in [-0.3, -0.25) is 4.79 Å². The van der Waals surface area contributed by atoms with Gasteiger partial charge in [0.25, 0.3) is 5.56 Å². The van der Waals surface area contributed by atoms with E-state index in [1.54, 1.807) is 6.07 Å². The van der Waals surface area contributed by atoms with Crippen LogP contribution in [0.2, 0.25) is 0 Å². The lowest BCUT2D eigenvalue weighted by atomic mass is 10.0. The van der Waals surface area contributed by atoms with E-state index in [1.807, 2.05) is 55.5 Å². The molecule has 0 saturated carbocycles. The molecule has 0 atom stereocenters. The smallest absolute Gasteiger partial charge is 0.275 e. The number of fused-ring (bicyclic) bond motifs is 1. The first-order chi connectivity index (χ1) is 11.7. The first-order valence-corrected chi connectivity index (χ1v) is 7.80. The van der Waals surface area contributed by atoms with Crippen LogP contribution >= 0.6 is 0 Å². The van der Waals surface area contributed by atoms with Gasteiger partial charge in [-0.15, -0.1) is 0 Å². The lowest BCUT2D eigenvalue weighted by Crippen LogP contribution is -2.24. The van der Waals surface area contributed by atoms with Gasteiger partial charge >= 0.3 is 0 Å². The van der Waals surface area contributed by atoms with Crippen LogP contribution in [0.1, 0.15) is 18.2 Å². The summed E-state index contributed by atoms with van der Waals surface area (Å²) >= 11 is 0. The molecule has 3 rings (SSSR count). The van der Waals surface area contributed by atoms with Crippen LogP contribution in [0, 0.1) is 11.3 Å².